The fourth-order valence-electron chi connectivity index (χ4n) is 0. The van der Waals surface area contributed by atoms with Crippen molar-refractivity contribution in [3.05, 3.63) is 25.0 Å². The molecule has 1 N–H and O–H groups in total. The second kappa shape index (κ2) is 16.3. The summed E-state index contributed by atoms with van der Waals surface area (Å²) >= 11 is 0. The lowest BCUT2D eigenvalue weighted by Gasteiger charge is -1.57. The smallest absolute Gasteiger partial charge is 0.0748 e. The summed E-state index contributed by atoms with van der Waals surface area (Å²) in [5, 5.41) is 7.69. The molecule has 0 aliphatic heterocycles. The molecule has 0 rings (SSSR count). The van der Waals surface area contributed by atoms with Crippen LogP contribution in [0.2, 0.25) is 0 Å². The van der Waals surface area contributed by atoms with E-state index in [4.69, 9.17) is 5.11 Å². The van der Waals surface area contributed by atoms with E-state index >= 15 is 0 Å². The molecule has 0 heterocycles. The van der Waals surface area contributed by atoms with Gasteiger partial charge in [-0.2, -0.15) is 0 Å². The zero-order chi connectivity index (χ0) is 6.83. The van der Waals surface area contributed by atoms with Gasteiger partial charge in [-0.3, -0.25) is 0 Å². The minimum absolute atomic E-state index is 1.00. The van der Waals surface area contributed by atoms with Gasteiger partial charge in [-0.05, 0) is 13.3 Å². The molecule has 0 saturated carbocycles. The Morgan fingerprint density at radius 1 is 1.62 bits per heavy atom. The molecule has 0 aliphatic rings. The number of hydrogen-bond donors (Lipinski definition) is 1. The third kappa shape index (κ3) is 59.0. The lowest BCUT2D eigenvalue weighted by atomic mass is 10.5. The van der Waals surface area contributed by atoms with Crippen molar-refractivity contribution in [2.75, 3.05) is 0 Å². The van der Waals surface area contributed by atoms with Gasteiger partial charge in [-0.1, -0.05) is 19.1 Å². The Balaban J connectivity index is 0. The van der Waals surface area contributed by atoms with Crippen molar-refractivity contribution < 1.29 is 5.11 Å². The molecule has 48 valence electrons. The van der Waals surface area contributed by atoms with Crippen LogP contribution < -0.4 is 0 Å². The Morgan fingerprint density at radius 2 is 1.88 bits per heavy atom. The maximum absolute atomic E-state index is 7.69. The summed E-state index contributed by atoms with van der Waals surface area (Å²) in [6, 6.07) is 0. The molecular weight excluding hydrogens is 100 g/mol. The van der Waals surface area contributed by atoms with E-state index < -0.39 is 0 Å². The first-order valence-corrected chi connectivity index (χ1v) is 2.69. The normalized spacial score (nSPS) is 7.75. The maximum Gasteiger partial charge on any atom is 0.0748 e. The molecule has 0 aliphatic carbocycles. The van der Waals surface area contributed by atoms with Gasteiger partial charge in [0.1, 0.15) is 0 Å². The maximum atomic E-state index is 7.69. The molecule has 0 radical (unpaired) electrons. The van der Waals surface area contributed by atoms with Crippen molar-refractivity contribution in [3.8, 4) is 0 Å². The summed E-state index contributed by atoms with van der Waals surface area (Å²) in [7, 11) is 0. The predicted octanol–water partition coefficient (Wildman–Crippen LogP) is 2.66. The van der Waals surface area contributed by atoms with Gasteiger partial charge < -0.3 is 5.11 Å². The minimum atomic E-state index is 1.00. The summed E-state index contributed by atoms with van der Waals surface area (Å²) in [6.45, 7) is 7.29. The highest BCUT2D eigenvalue weighted by atomic mass is 16.2. The molecule has 0 atom stereocenters. The molecule has 0 amide bonds. The monoisotopic (exact) mass is 114 g/mol. The van der Waals surface area contributed by atoms with Gasteiger partial charge in [0.25, 0.3) is 0 Å². The molecule has 0 bridgehead atoms. The van der Waals surface area contributed by atoms with Crippen LogP contribution >= 0.6 is 0 Å². The first-order chi connectivity index (χ1) is 3.83. The summed E-state index contributed by atoms with van der Waals surface area (Å²) in [4.78, 5) is 0. The van der Waals surface area contributed by atoms with Gasteiger partial charge >= 0.3 is 0 Å². The van der Waals surface area contributed by atoms with Crippen molar-refractivity contribution in [2.24, 2.45) is 0 Å². The van der Waals surface area contributed by atoms with Crippen molar-refractivity contribution in [2.45, 2.75) is 20.3 Å². The number of aliphatic hydroxyl groups is 1. The Bertz CT molecular complexity index is 51.4. The second-order valence-corrected chi connectivity index (χ2v) is 1.18. The van der Waals surface area contributed by atoms with Crippen LogP contribution in [-0.2, 0) is 0 Å². The average Bonchev–Trinajstić information content (AvgIpc) is 1.88. The van der Waals surface area contributed by atoms with Gasteiger partial charge in [-0.15, -0.1) is 6.58 Å². The highest BCUT2D eigenvalue weighted by molar-refractivity contribution is 4.60. The molecule has 0 spiro atoms. The standard InChI is InChI=1S/C4H8.C3H6O/c1-3-4-2;1-2-3-4/h3H,1,4H2,2H3;2-4H,1H3. The van der Waals surface area contributed by atoms with Crippen LogP contribution in [0.4, 0.5) is 0 Å². The van der Waals surface area contributed by atoms with Gasteiger partial charge in [0.15, 0.2) is 0 Å². The van der Waals surface area contributed by atoms with E-state index in [1.165, 1.54) is 0 Å². The summed E-state index contributed by atoms with van der Waals surface area (Å²) < 4.78 is 0. The van der Waals surface area contributed by atoms with Crippen molar-refractivity contribution >= 4 is 0 Å². The molecule has 0 fully saturated rings. The molecule has 0 aromatic heterocycles. The SMILES string of the molecule is C=CCC.CC=CO. The summed E-state index contributed by atoms with van der Waals surface area (Å²) in [5.74, 6) is 0. The van der Waals surface area contributed by atoms with E-state index in [9.17, 15) is 0 Å². The molecule has 1 nitrogen and oxygen atoms in total. The minimum Gasteiger partial charge on any atom is -0.516 e. The quantitative estimate of drug-likeness (QED) is 0.410. The molecule has 0 aromatic rings. The Morgan fingerprint density at radius 3 is 1.88 bits per heavy atom. The zero-order valence-electron chi connectivity index (χ0n) is 5.59. The average molecular weight is 114 g/mol. The van der Waals surface area contributed by atoms with E-state index in [1.807, 2.05) is 6.08 Å². The predicted molar refractivity (Wildman–Crippen MR) is 37.9 cm³/mol. The third-order valence-corrected chi connectivity index (χ3v) is 0.438. The van der Waals surface area contributed by atoms with E-state index in [-0.39, 0.29) is 0 Å². The highest BCUT2D eigenvalue weighted by Gasteiger charge is 1.45. The van der Waals surface area contributed by atoms with Gasteiger partial charge in [0, 0.05) is 0 Å². The molecular formula is C7H14O. The van der Waals surface area contributed by atoms with Crippen molar-refractivity contribution in [1.29, 1.82) is 0 Å². The fourth-order valence-corrected chi connectivity index (χ4v) is 0. The van der Waals surface area contributed by atoms with E-state index in [0.717, 1.165) is 12.7 Å². The summed E-state index contributed by atoms with van der Waals surface area (Å²) in [5.41, 5.74) is 0. The van der Waals surface area contributed by atoms with Crippen molar-refractivity contribution in [1.82, 2.24) is 0 Å². The molecule has 0 aromatic carbocycles. The molecule has 8 heavy (non-hydrogen) atoms. The second-order valence-electron chi connectivity index (χ2n) is 1.18. The van der Waals surface area contributed by atoms with Crippen molar-refractivity contribution in [3.63, 3.8) is 0 Å². The van der Waals surface area contributed by atoms with Crippen LogP contribution in [0.15, 0.2) is 25.0 Å². The zero-order valence-corrected chi connectivity index (χ0v) is 5.59. The molecule has 0 unspecified atom stereocenters. The third-order valence-electron chi connectivity index (χ3n) is 0.438. The topological polar surface area (TPSA) is 20.2 Å². The highest BCUT2D eigenvalue weighted by Crippen LogP contribution is 1.66. The Labute approximate surface area is 51.3 Å². The first-order valence-electron chi connectivity index (χ1n) is 2.69. The number of aliphatic hydroxyl groups excluding tert-OH is 1. The number of allylic oxidation sites excluding steroid dienone is 2. The van der Waals surface area contributed by atoms with E-state index in [1.54, 1.807) is 13.0 Å². The summed E-state index contributed by atoms with van der Waals surface area (Å²) in [6.07, 6.45) is 5.51. The van der Waals surface area contributed by atoms with E-state index in [2.05, 4.69) is 13.5 Å². The fraction of sp³-hybridized carbons (Fsp3) is 0.429. The molecule has 0 saturated heterocycles. The van der Waals surface area contributed by atoms with Gasteiger partial charge in [0.05, 0.1) is 6.26 Å². The van der Waals surface area contributed by atoms with Crippen LogP contribution in [0.1, 0.15) is 20.3 Å². The van der Waals surface area contributed by atoms with E-state index in [0.29, 0.717) is 0 Å². The number of rotatable bonds is 1. The van der Waals surface area contributed by atoms with Crippen LogP contribution in [0.5, 0.6) is 0 Å². The van der Waals surface area contributed by atoms with Crippen LogP contribution in [0.3, 0.4) is 0 Å². The Kier molecular flexibility index (Phi) is 20.9. The number of hydrogen-bond acceptors (Lipinski definition) is 1. The first kappa shape index (κ1) is 10.3. The Hall–Kier alpha value is -0.720. The lowest BCUT2D eigenvalue weighted by molar-refractivity contribution is 0.472. The van der Waals surface area contributed by atoms with Gasteiger partial charge in [0.2, 0.25) is 0 Å². The molecule has 1 heteroatoms. The van der Waals surface area contributed by atoms with Crippen LogP contribution in [0, 0.1) is 0 Å². The van der Waals surface area contributed by atoms with Crippen LogP contribution in [-0.4, -0.2) is 5.11 Å². The van der Waals surface area contributed by atoms with Gasteiger partial charge in [-0.25, -0.2) is 0 Å². The van der Waals surface area contributed by atoms with Crippen LogP contribution in [0.25, 0.3) is 0 Å². The lowest BCUT2D eigenvalue weighted by Crippen LogP contribution is -1.36. The largest absolute Gasteiger partial charge is 0.516 e.